The Bertz CT molecular complexity index is 661. The molecule has 0 saturated carbocycles. The van der Waals surface area contributed by atoms with Gasteiger partial charge in [0.1, 0.15) is 5.78 Å². The van der Waals surface area contributed by atoms with E-state index in [1.165, 1.54) is 11.3 Å². The predicted molar refractivity (Wildman–Crippen MR) is 88.3 cm³/mol. The second-order valence-corrected chi connectivity index (χ2v) is 6.28. The Morgan fingerprint density at radius 3 is 2.32 bits per heavy atom. The molecule has 1 atom stereocenters. The maximum Gasteiger partial charge on any atom is 0.173 e. The van der Waals surface area contributed by atoms with E-state index in [1.54, 1.807) is 21.1 Å². The van der Waals surface area contributed by atoms with Gasteiger partial charge >= 0.3 is 0 Å². The predicted octanol–water partition coefficient (Wildman–Crippen LogP) is 4.11. The molecule has 1 aromatic carbocycles. The second-order valence-electron chi connectivity index (χ2n) is 5.20. The number of ether oxygens (including phenoxy) is 2. The number of carbonyl (C=O) groups is 2. The fourth-order valence-corrected chi connectivity index (χ4v) is 3.43. The molecule has 0 aliphatic heterocycles. The lowest BCUT2D eigenvalue weighted by molar-refractivity contribution is -0.120. The van der Waals surface area contributed by atoms with Crippen molar-refractivity contribution >= 4 is 33.0 Å². The van der Waals surface area contributed by atoms with E-state index >= 15 is 0 Å². The van der Waals surface area contributed by atoms with Gasteiger partial charge in [0.15, 0.2) is 17.3 Å². The van der Waals surface area contributed by atoms with Gasteiger partial charge in [-0.05, 0) is 30.9 Å². The first kappa shape index (κ1) is 16.5. The molecule has 0 N–H and O–H groups in total. The summed E-state index contributed by atoms with van der Waals surface area (Å²) in [6.07, 6.45) is 0.959. The smallest absolute Gasteiger partial charge is 0.173 e. The number of hydrogen-bond donors (Lipinski definition) is 0. The number of hydrogen-bond acceptors (Lipinski definition) is 5. The lowest BCUT2D eigenvalue weighted by Gasteiger charge is -2.08. The van der Waals surface area contributed by atoms with Crippen molar-refractivity contribution in [2.75, 3.05) is 14.2 Å². The van der Waals surface area contributed by atoms with E-state index in [1.807, 2.05) is 25.1 Å². The molecule has 0 amide bonds. The molecule has 0 saturated heterocycles. The van der Waals surface area contributed by atoms with Crippen LogP contribution in [-0.4, -0.2) is 25.8 Å². The van der Waals surface area contributed by atoms with Gasteiger partial charge in [-0.15, -0.1) is 11.3 Å². The molecule has 0 bridgehead atoms. The summed E-state index contributed by atoms with van der Waals surface area (Å²) in [5.74, 6) is 1.18. The minimum absolute atomic E-state index is 0.0150. The largest absolute Gasteiger partial charge is 0.493 e. The fraction of sp³-hybridized carbons (Fsp3) is 0.412. The summed E-state index contributed by atoms with van der Waals surface area (Å²) < 4.78 is 11.5. The molecule has 0 aliphatic rings. The molecular weight excluding hydrogens is 300 g/mol. The average Bonchev–Trinajstić information content (AvgIpc) is 2.93. The summed E-state index contributed by atoms with van der Waals surface area (Å²) in [6, 6.07) is 5.60. The van der Waals surface area contributed by atoms with Gasteiger partial charge in [-0.25, -0.2) is 0 Å². The van der Waals surface area contributed by atoms with Gasteiger partial charge in [-0.3, -0.25) is 9.59 Å². The Kier molecular flexibility index (Phi) is 5.19. The van der Waals surface area contributed by atoms with E-state index in [0.717, 1.165) is 10.1 Å². The van der Waals surface area contributed by atoms with E-state index in [9.17, 15) is 9.59 Å². The first-order valence-corrected chi connectivity index (χ1v) is 8.01. The topological polar surface area (TPSA) is 52.6 Å². The monoisotopic (exact) mass is 320 g/mol. The standard InChI is InChI=1S/C17H20O4S/c1-5-11(10(2)18)6-13(19)17-8-12-7-14(20-3)15(21-4)9-16(12)22-17/h7-9,11H,5-6H2,1-4H3. The molecule has 1 heterocycles. The van der Waals surface area contributed by atoms with E-state index < -0.39 is 0 Å². The minimum atomic E-state index is -0.193. The number of Topliss-reactive ketones (excluding diaryl/α,β-unsaturated/α-hetero) is 2. The molecule has 1 aromatic heterocycles. The third kappa shape index (κ3) is 3.30. The SMILES string of the molecule is CCC(CC(=O)c1cc2cc(OC)c(OC)cc2s1)C(C)=O. The number of ketones is 2. The summed E-state index contributed by atoms with van der Waals surface area (Å²) in [7, 11) is 3.17. The van der Waals surface area contributed by atoms with Crippen molar-refractivity contribution < 1.29 is 19.1 Å². The Morgan fingerprint density at radius 1 is 1.14 bits per heavy atom. The van der Waals surface area contributed by atoms with Gasteiger partial charge in [0.2, 0.25) is 0 Å². The highest BCUT2D eigenvalue weighted by Crippen LogP contribution is 2.37. The van der Waals surface area contributed by atoms with E-state index in [2.05, 4.69) is 0 Å². The van der Waals surface area contributed by atoms with Crippen molar-refractivity contribution in [3.63, 3.8) is 0 Å². The van der Waals surface area contributed by atoms with Crippen LogP contribution in [0.25, 0.3) is 10.1 Å². The third-order valence-corrected chi connectivity index (χ3v) is 4.94. The lowest BCUT2D eigenvalue weighted by atomic mass is 9.95. The molecule has 5 heteroatoms. The van der Waals surface area contributed by atoms with Crippen LogP contribution in [-0.2, 0) is 4.79 Å². The average molecular weight is 320 g/mol. The van der Waals surface area contributed by atoms with Crippen LogP contribution in [0.4, 0.5) is 0 Å². The maximum atomic E-state index is 12.4. The number of benzene rings is 1. The van der Waals surface area contributed by atoms with Crippen LogP contribution in [0.1, 0.15) is 36.4 Å². The van der Waals surface area contributed by atoms with Crippen LogP contribution in [0, 0.1) is 5.92 Å². The van der Waals surface area contributed by atoms with Crippen molar-refractivity contribution in [2.45, 2.75) is 26.7 Å². The molecular formula is C17H20O4S. The van der Waals surface area contributed by atoms with Gasteiger partial charge in [-0.2, -0.15) is 0 Å². The summed E-state index contributed by atoms with van der Waals surface area (Å²) in [6.45, 7) is 3.47. The van der Waals surface area contributed by atoms with Crippen molar-refractivity contribution in [1.29, 1.82) is 0 Å². The zero-order chi connectivity index (χ0) is 16.3. The van der Waals surface area contributed by atoms with Crippen molar-refractivity contribution in [2.24, 2.45) is 5.92 Å². The first-order valence-electron chi connectivity index (χ1n) is 7.19. The van der Waals surface area contributed by atoms with Crippen LogP contribution in [0.2, 0.25) is 0 Å². The number of rotatable bonds is 7. The maximum absolute atomic E-state index is 12.4. The Labute approximate surface area is 134 Å². The molecule has 0 aliphatic carbocycles. The normalized spacial score (nSPS) is 12.2. The molecule has 2 aromatic rings. The zero-order valence-corrected chi connectivity index (χ0v) is 14.1. The second kappa shape index (κ2) is 6.92. The van der Waals surface area contributed by atoms with Crippen molar-refractivity contribution in [1.82, 2.24) is 0 Å². The zero-order valence-electron chi connectivity index (χ0n) is 13.3. The number of carbonyl (C=O) groups excluding carboxylic acids is 2. The molecule has 0 radical (unpaired) electrons. The summed E-state index contributed by atoms with van der Waals surface area (Å²) in [5.41, 5.74) is 0. The summed E-state index contributed by atoms with van der Waals surface area (Å²) in [5, 5.41) is 0.946. The fourth-order valence-electron chi connectivity index (χ4n) is 2.40. The van der Waals surface area contributed by atoms with Gasteiger partial charge in [0, 0.05) is 23.1 Å². The van der Waals surface area contributed by atoms with Gasteiger partial charge in [-0.1, -0.05) is 6.92 Å². The van der Waals surface area contributed by atoms with Crippen LogP contribution in [0.15, 0.2) is 18.2 Å². The molecule has 2 rings (SSSR count). The van der Waals surface area contributed by atoms with Crippen LogP contribution >= 0.6 is 11.3 Å². The van der Waals surface area contributed by atoms with Gasteiger partial charge in [0.25, 0.3) is 0 Å². The van der Waals surface area contributed by atoms with Crippen molar-refractivity contribution in [3.8, 4) is 11.5 Å². The molecule has 0 spiro atoms. The highest BCUT2D eigenvalue weighted by atomic mass is 32.1. The quantitative estimate of drug-likeness (QED) is 0.721. The minimum Gasteiger partial charge on any atom is -0.493 e. The summed E-state index contributed by atoms with van der Waals surface area (Å²) in [4.78, 5) is 24.6. The van der Waals surface area contributed by atoms with E-state index in [0.29, 0.717) is 22.8 Å². The van der Waals surface area contributed by atoms with Gasteiger partial charge < -0.3 is 9.47 Å². The van der Waals surface area contributed by atoms with Crippen LogP contribution < -0.4 is 9.47 Å². The number of fused-ring (bicyclic) bond motifs is 1. The molecule has 118 valence electrons. The van der Waals surface area contributed by atoms with Crippen LogP contribution in [0.5, 0.6) is 11.5 Å². The van der Waals surface area contributed by atoms with Crippen LogP contribution in [0.3, 0.4) is 0 Å². The number of thiophene rings is 1. The molecule has 1 unspecified atom stereocenters. The highest BCUT2D eigenvalue weighted by Gasteiger charge is 2.20. The Balaban J connectivity index is 2.32. The number of methoxy groups -OCH3 is 2. The third-order valence-electron chi connectivity index (χ3n) is 3.80. The highest BCUT2D eigenvalue weighted by molar-refractivity contribution is 7.20. The van der Waals surface area contributed by atoms with E-state index in [-0.39, 0.29) is 23.9 Å². The molecule has 0 fully saturated rings. The van der Waals surface area contributed by atoms with Crippen molar-refractivity contribution in [3.05, 3.63) is 23.1 Å². The molecule has 4 nitrogen and oxygen atoms in total. The summed E-state index contributed by atoms with van der Waals surface area (Å²) >= 11 is 1.42. The first-order chi connectivity index (χ1) is 10.5. The molecule has 22 heavy (non-hydrogen) atoms. The Morgan fingerprint density at radius 2 is 1.77 bits per heavy atom. The van der Waals surface area contributed by atoms with E-state index in [4.69, 9.17) is 9.47 Å². The van der Waals surface area contributed by atoms with Gasteiger partial charge in [0.05, 0.1) is 19.1 Å². The lowest BCUT2D eigenvalue weighted by Crippen LogP contribution is -2.14. The Hall–Kier alpha value is -1.88.